The fourth-order valence-corrected chi connectivity index (χ4v) is 3.15. The summed E-state index contributed by atoms with van der Waals surface area (Å²) in [5.41, 5.74) is 2.91. The average molecular weight is 355 g/mol. The first-order valence-electron chi connectivity index (χ1n) is 8.43. The van der Waals surface area contributed by atoms with Gasteiger partial charge in [0.2, 0.25) is 5.91 Å². The van der Waals surface area contributed by atoms with Crippen molar-refractivity contribution in [3.05, 3.63) is 63.7 Å². The number of fused-ring (bicyclic) bond motifs is 1. The van der Waals surface area contributed by atoms with E-state index in [2.05, 4.69) is 22.3 Å². The van der Waals surface area contributed by atoms with Crippen LogP contribution in [-0.2, 0) is 17.8 Å². The second-order valence-corrected chi connectivity index (χ2v) is 6.30. The van der Waals surface area contributed by atoms with Gasteiger partial charge in [-0.2, -0.15) is 0 Å². The van der Waals surface area contributed by atoms with Crippen LogP contribution in [0.3, 0.4) is 0 Å². The first-order valence-corrected chi connectivity index (χ1v) is 8.43. The standard InChI is InChI=1S/C19H21N3O4/c1-13(21-10-9-14-5-3-4-6-15(14)12-21)19(23)20-17-8-7-16(22(24)25)11-18(17)26-2/h3-8,11,13H,9-10,12H2,1-2H3,(H,20,23)/t13-/m1/s1. The van der Waals surface area contributed by atoms with Crippen LogP contribution in [0, 0.1) is 10.1 Å². The number of hydrogen-bond donors (Lipinski definition) is 1. The Bertz CT molecular complexity index is 837. The minimum absolute atomic E-state index is 0.0828. The zero-order valence-electron chi connectivity index (χ0n) is 14.8. The van der Waals surface area contributed by atoms with Crippen LogP contribution in [-0.4, -0.2) is 35.4 Å². The van der Waals surface area contributed by atoms with Gasteiger partial charge in [-0.25, -0.2) is 0 Å². The van der Waals surface area contributed by atoms with E-state index < -0.39 is 4.92 Å². The summed E-state index contributed by atoms with van der Waals surface area (Å²) < 4.78 is 5.18. The summed E-state index contributed by atoms with van der Waals surface area (Å²) >= 11 is 0. The van der Waals surface area contributed by atoms with E-state index in [0.29, 0.717) is 5.69 Å². The third-order valence-corrected chi connectivity index (χ3v) is 4.74. The molecular weight excluding hydrogens is 334 g/mol. The van der Waals surface area contributed by atoms with Gasteiger partial charge < -0.3 is 10.1 Å². The first kappa shape index (κ1) is 17.9. The molecule has 26 heavy (non-hydrogen) atoms. The SMILES string of the molecule is COc1cc([N+](=O)[O-])ccc1NC(=O)[C@@H](C)N1CCc2ccccc2C1. The Balaban J connectivity index is 1.71. The Morgan fingerprint density at radius 3 is 2.69 bits per heavy atom. The number of methoxy groups -OCH3 is 1. The van der Waals surface area contributed by atoms with Gasteiger partial charge in [0.05, 0.1) is 29.8 Å². The maximum Gasteiger partial charge on any atom is 0.273 e. The van der Waals surface area contributed by atoms with Gasteiger partial charge >= 0.3 is 0 Å². The number of nitrogens with zero attached hydrogens (tertiary/aromatic N) is 2. The number of amides is 1. The summed E-state index contributed by atoms with van der Waals surface area (Å²) in [5.74, 6) is 0.0975. The van der Waals surface area contributed by atoms with Crippen LogP contribution in [0.2, 0.25) is 0 Å². The fourth-order valence-electron chi connectivity index (χ4n) is 3.15. The van der Waals surface area contributed by atoms with Gasteiger partial charge in [0.15, 0.2) is 0 Å². The summed E-state index contributed by atoms with van der Waals surface area (Å²) in [4.78, 5) is 25.2. The molecule has 136 valence electrons. The molecule has 0 saturated heterocycles. The third kappa shape index (κ3) is 3.67. The highest BCUT2D eigenvalue weighted by molar-refractivity contribution is 5.96. The van der Waals surface area contributed by atoms with E-state index in [1.54, 1.807) is 0 Å². The predicted molar refractivity (Wildman–Crippen MR) is 98.3 cm³/mol. The molecule has 0 spiro atoms. The van der Waals surface area contributed by atoms with Crippen molar-refractivity contribution in [2.45, 2.75) is 25.9 Å². The van der Waals surface area contributed by atoms with Crippen molar-refractivity contribution in [1.82, 2.24) is 4.90 Å². The molecule has 7 nitrogen and oxygen atoms in total. The van der Waals surface area contributed by atoms with Gasteiger partial charge in [-0.3, -0.25) is 19.8 Å². The Hall–Kier alpha value is -2.93. The van der Waals surface area contributed by atoms with Gasteiger partial charge in [0.25, 0.3) is 5.69 Å². The molecule has 7 heteroatoms. The summed E-state index contributed by atoms with van der Waals surface area (Å²) in [5, 5.41) is 13.7. The van der Waals surface area contributed by atoms with E-state index in [1.165, 1.54) is 36.4 Å². The van der Waals surface area contributed by atoms with Crippen LogP contribution >= 0.6 is 0 Å². The van der Waals surface area contributed by atoms with Gasteiger partial charge in [-0.1, -0.05) is 24.3 Å². The molecule has 0 aliphatic carbocycles. The summed E-state index contributed by atoms with van der Waals surface area (Å²) in [6, 6.07) is 12.1. The summed E-state index contributed by atoms with van der Waals surface area (Å²) in [7, 11) is 1.42. The maximum atomic E-state index is 12.7. The number of nitrogens with one attached hydrogen (secondary N) is 1. The molecule has 0 aromatic heterocycles. The molecule has 2 aromatic carbocycles. The number of ether oxygens (including phenoxy) is 1. The zero-order chi connectivity index (χ0) is 18.7. The maximum absolute atomic E-state index is 12.7. The Labute approximate surface area is 151 Å². The molecule has 0 saturated carbocycles. The van der Waals surface area contributed by atoms with Crippen molar-refractivity contribution in [2.24, 2.45) is 0 Å². The molecule has 0 fully saturated rings. The molecule has 0 unspecified atom stereocenters. The number of rotatable bonds is 5. The monoisotopic (exact) mass is 355 g/mol. The van der Waals surface area contributed by atoms with Gasteiger partial charge in [-0.05, 0) is 30.5 Å². The highest BCUT2D eigenvalue weighted by atomic mass is 16.6. The van der Waals surface area contributed by atoms with Crippen LogP contribution in [0.4, 0.5) is 11.4 Å². The highest BCUT2D eigenvalue weighted by Crippen LogP contribution is 2.29. The highest BCUT2D eigenvalue weighted by Gasteiger charge is 2.26. The van der Waals surface area contributed by atoms with Crippen LogP contribution in [0.5, 0.6) is 5.75 Å². The van der Waals surface area contributed by atoms with Crippen molar-refractivity contribution < 1.29 is 14.5 Å². The average Bonchev–Trinajstić information content (AvgIpc) is 2.67. The molecule has 1 aliphatic rings. The second kappa shape index (κ2) is 7.53. The Kier molecular flexibility index (Phi) is 5.18. The quantitative estimate of drug-likeness (QED) is 0.658. The summed E-state index contributed by atoms with van der Waals surface area (Å²) in [6.07, 6.45) is 0.911. The Morgan fingerprint density at radius 2 is 2.00 bits per heavy atom. The normalized spacial score (nSPS) is 15.0. The van der Waals surface area contributed by atoms with Crippen molar-refractivity contribution in [3.8, 4) is 5.75 Å². The van der Waals surface area contributed by atoms with Crippen molar-refractivity contribution in [1.29, 1.82) is 0 Å². The zero-order valence-corrected chi connectivity index (χ0v) is 14.8. The van der Waals surface area contributed by atoms with E-state index >= 15 is 0 Å². The van der Waals surface area contributed by atoms with E-state index in [9.17, 15) is 14.9 Å². The molecule has 1 aliphatic heterocycles. The molecule has 1 N–H and O–H groups in total. The Morgan fingerprint density at radius 1 is 1.27 bits per heavy atom. The van der Waals surface area contributed by atoms with Gasteiger partial charge in [0.1, 0.15) is 5.75 Å². The number of benzene rings is 2. The largest absolute Gasteiger partial charge is 0.494 e. The summed E-state index contributed by atoms with van der Waals surface area (Å²) in [6.45, 7) is 3.40. The fraction of sp³-hybridized carbons (Fsp3) is 0.316. The van der Waals surface area contributed by atoms with Crippen LogP contribution < -0.4 is 10.1 Å². The van der Waals surface area contributed by atoms with E-state index in [4.69, 9.17) is 4.74 Å². The lowest BCUT2D eigenvalue weighted by Crippen LogP contribution is -2.44. The van der Waals surface area contributed by atoms with E-state index in [0.717, 1.165) is 19.5 Å². The lowest BCUT2D eigenvalue weighted by Gasteiger charge is -2.33. The third-order valence-electron chi connectivity index (χ3n) is 4.74. The topological polar surface area (TPSA) is 84.7 Å². The predicted octanol–water partition coefficient (Wildman–Crippen LogP) is 2.99. The molecule has 0 bridgehead atoms. The van der Waals surface area contributed by atoms with Crippen molar-refractivity contribution in [3.63, 3.8) is 0 Å². The van der Waals surface area contributed by atoms with E-state index in [1.807, 2.05) is 19.1 Å². The number of carbonyl (C=O) groups is 1. The van der Waals surface area contributed by atoms with Crippen molar-refractivity contribution in [2.75, 3.05) is 19.0 Å². The van der Waals surface area contributed by atoms with Crippen LogP contribution in [0.1, 0.15) is 18.1 Å². The molecule has 1 atom stereocenters. The number of carbonyl (C=O) groups excluding carboxylic acids is 1. The van der Waals surface area contributed by atoms with Crippen LogP contribution in [0.15, 0.2) is 42.5 Å². The lowest BCUT2D eigenvalue weighted by atomic mass is 9.99. The van der Waals surface area contributed by atoms with Crippen LogP contribution in [0.25, 0.3) is 0 Å². The molecule has 3 rings (SSSR count). The number of non-ortho nitro benzene ring substituents is 1. The lowest BCUT2D eigenvalue weighted by molar-refractivity contribution is -0.384. The molecular formula is C19H21N3O4. The minimum atomic E-state index is -0.498. The molecule has 1 amide bonds. The van der Waals surface area contributed by atoms with E-state index in [-0.39, 0.29) is 23.4 Å². The number of nitro groups is 1. The number of nitro benzene ring substituents is 1. The van der Waals surface area contributed by atoms with Gasteiger partial charge in [0, 0.05) is 19.2 Å². The number of anilines is 1. The molecule has 2 aromatic rings. The van der Waals surface area contributed by atoms with Gasteiger partial charge in [-0.15, -0.1) is 0 Å². The number of hydrogen-bond acceptors (Lipinski definition) is 5. The molecule has 0 radical (unpaired) electrons. The molecule has 1 heterocycles. The minimum Gasteiger partial charge on any atom is -0.494 e. The second-order valence-electron chi connectivity index (χ2n) is 6.30. The first-order chi connectivity index (χ1) is 12.5. The van der Waals surface area contributed by atoms with Crippen molar-refractivity contribution >= 4 is 17.3 Å². The smallest absolute Gasteiger partial charge is 0.273 e.